The third-order valence-electron chi connectivity index (χ3n) is 5.34. The maximum atomic E-state index is 13.4. The predicted octanol–water partition coefficient (Wildman–Crippen LogP) is 3.02. The molecule has 0 spiro atoms. The van der Waals surface area contributed by atoms with Crippen LogP contribution in [-0.4, -0.2) is 53.8 Å². The zero-order valence-corrected chi connectivity index (χ0v) is 19.5. The number of nitrogens with one attached hydrogen (secondary N) is 2. The highest BCUT2D eigenvalue weighted by Crippen LogP contribution is 2.27. The van der Waals surface area contributed by atoms with Crippen molar-refractivity contribution in [3.63, 3.8) is 0 Å². The van der Waals surface area contributed by atoms with E-state index >= 15 is 0 Å². The SMILES string of the molecule is C=C(CCNC(=O)COc1ccc(Cl)c(F)c1)NC(=O)c1cnc(C2CCN(C(C)=O)CC2)o1. The molecule has 11 heteroatoms. The molecule has 9 nitrogen and oxygen atoms in total. The van der Waals surface area contributed by atoms with E-state index < -0.39 is 17.6 Å². The van der Waals surface area contributed by atoms with E-state index in [1.165, 1.54) is 18.3 Å². The molecule has 1 aromatic heterocycles. The molecule has 0 radical (unpaired) electrons. The molecule has 182 valence electrons. The first-order valence-electron chi connectivity index (χ1n) is 10.8. The molecule has 1 aromatic carbocycles. The summed E-state index contributed by atoms with van der Waals surface area (Å²) in [5, 5.41) is 5.21. The Morgan fingerprint density at radius 2 is 2.06 bits per heavy atom. The number of likely N-dealkylation sites (tertiary alicyclic amines) is 1. The highest BCUT2D eigenvalue weighted by Gasteiger charge is 2.26. The van der Waals surface area contributed by atoms with E-state index in [0.717, 1.165) is 18.9 Å². The molecule has 2 aromatic rings. The summed E-state index contributed by atoms with van der Waals surface area (Å²) in [5.74, 6) is -0.695. The van der Waals surface area contributed by atoms with Crippen LogP contribution >= 0.6 is 11.6 Å². The number of benzene rings is 1. The number of nitrogens with zero attached hydrogens (tertiary/aromatic N) is 2. The number of ether oxygens (including phenoxy) is 1. The minimum atomic E-state index is -0.635. The Hall–Kier alpha value is -3.40. The number of piperidine rings is 1. The van der Waals surface area contributed by atoms with Crippen LogP contribution in [0, 0.1) is 5.82 Å². The standard InChI is InChI=1S/C23H26ClFN4O5/c1-14(5-8-26-21(31)13-33-17-3-4-18(24)19(25)11-17)28-22(32)20-12-27-23(34-20)16-6-9-29(10-7-16)15(2)30/h3-4,11-12,16H,1,5-10,13H2,2H3,(H,26,31)(H,28,32). The normalized spacial score (nSPS) is 13.9. The van der Waals surface area contributed by atoms with Crippen molar-refractivity contribution in [3.8, 4) is 5.75 Å². The fourth-order valence-corrected chi connectivity index (χ4v) is 3.54. The number of carbonyl (C=O) groups excluding carboxylic acids is 3. The summed E-state index contributed by atoms with van der Waals surface area (Å²) in [7, 11) is 0. The minimum Gasteiger partial charge on any atom is -0.484 e. The molecule has 0 aliphatic carbocycles. The number of aromatic nitrogens is 1. The van der Waals surface area contributed by atoms with Crippen LogP contribution in [0.2, 0.25) is 5.02 Å². The van der Waals surface area contributed by atoms with Crippen LogP contribution in [0.1, 0.15) is 48.5 Å². The van der Waals surface area contributed by atoms with Crippen LogP contribution in [0.5, 0.6) is 5.75 Å². The molecule has 1 aliphatic rings. The summed E-state index contributed by atoms with van der Waals surface area (Å²) < 4.78 is 24.2. The molecule has 0 saturated carbocycles. The van der Waals surface area contributed by atoms with E-state index in [4.69, 9.17) is 20.8 Å². The summed E-state index contributed by atoms with van der Waals surface area (Å²) in [6.07, 6.45) is 3.11. The molecule has 1 saturated heterocycles. The van der Waals surface area contributed by atoms with Gasteiger partial charge in [0.2, 0.25) is 11.7 Å². The van der Waals surface area contributed by atoms with Gasteiger partial charge in [0.25, 0.3) is 11.8 Å². The van der Waals surface area contributed by atoms with Gasteiger partial charge in [0.1, 0.15) is 11.6 Å². The van der Waals surface area contributed by atoms with Gasteiger partial charge in [-0.25, -0.2) is 9.37 Å². The van der Waals surface area contributed by atoms with Crippen molar-refractivity contribution in [2.24, 2.45) is 0 Å². The summed E-state index contributed by atoms with van der Waals surface area (Å²) in [6.45, 7) is 6.51. The number of oxazole rings is 1. The molecule has 34 heavy (non-hydrogen) atoms. The van der Waals surface area contributed by atoms with E-state index in [1.807, 2.05) is 0 Å². The summed E-state index contributed by atoms with van der Waals surface area (Å²) in [6, 6.07) is 3.89. The number of carbonyl (C=O) groups is 3. The largest absolute Gasteiger partial charge is 0.484 e. The molecule has 3 rings (SSSR count). The van der Waals surface area contributed by atoms with E-state index in [9.17, 15) is 18.8 Å². The van der Waals surface area contributed by atoms with Crippen molar-refractivity contribution < 1.29 is 27.9 Å². The number of halogens is 2. The lowest BCUT2D eigenvalue weighted by molar-refractivity contribution is -0.130. The first-order valence-corrected chi connectivity index (χ1v) is 11.2. The van der Waals surface area contributed by atoms with Crippen LogP contribution < -0.4 is 15.4 Å². The Balaban J connectivity index is 1.36. The van der Waals surface area contributed by atoms with Gasteiger partial charge in [-0.2, -0.15) is 0 Å². The van der Waals surface area contributed by atoms with Crippen LogP contribution in [0.3, 0.4) is 0 Å². The smallest absolute Gasteiger partial charge is 0.292 e. The lowest BCUT2D eigenvalue weighted by Crippen LogP contribution is -2.36. The lowest BCUT2D eigenvalue weighted by Gasteiger charge is -2.29. The van der Waals surface area contributed by atoms with Gasteiger partial charge in [0.05, 0.1) is 11.2 Å². The van der Waals surface area contributed by atoms with Gasteiger partial charge in [-0.1, -0.05) is 18.2 Å². The fourth-order valence-electron chi connectivity index (χ4n) is 3.43. The zero-order chi connectivity index (χ0) is 24.7. The van der Waals surface area contributed by atoms with Crippen molar-refractivity contribution in [1.82, 2.24) is 20.5 Å². The zero-order valence-electron chi connectivity index (χ0n) is 18.7. The molecule has 0 atom stereocenters. The second-order valence-electron chi connectivity index (χ2n) is 7.87. The highest BCUT2D eigenvalue weighted by molar-refractivity contribution is 6.30. The van der Waals surface area contributed by atoms with Gasteiger partial charge < -0.3 is 24.7 Å². The monoisotopic (exact) mass is 492 g/mol. The van der Waals surface area contributed by atoms with Crippen LogP contribution in [0.25, 0.3) is 0 Å². The Labute approximate surface area is 201 Å². The second kappa shape index (κ2) is 11.6. The van der Waals surface area contributed by atoms with Crippen LogP contribution in [-0.2, 0) is 9.59 Å². The third-order valence-corrected chi connectivity index (χ3v) is 5.64. The van der Waals surface area contributed by atoms with Gasteiger partial charge in [-0.15, -0.1) is 0 Å². The van der Waals surface area contributed by atoms with Crippen molar-refractivity contribution >= 4 is 29.3 Å². The van der Waals surface area contributed by atoms with Crippen molar-refractivity contribution in [3.05, 3.63) is 59.2 Å². The van der Waals surface area contributed by atoms with Crippen LogP contribution in [0.4, 0.5) is 4.39 Å². The van der Waals surface area contributed by atoms with Crippen molar-refractivity contribution in [2.45, 2.75) is 32.1 Å². The number of amides is 3. The Bertz CT molecular complexity index is 1070. The molecule has 1 aliphatic heterocycles. The van der Waals surface area contributed by atoms with E-state index in [-0.39, 0.29) is 47.9 Å². The maximum Gasteiger partial charge on any atom is 0.292 e. The molecular weight excluding hydrogens is 467 g/mol. The van der Waals surface area contributed by atoms with Crippen molar-refractivity contribution in [2.75, 3.05) is 26.2 Å². The third kappa shape index (κ3) is 7.05. The quantitative estimate of drug-likeness (QED) is 0.556. The first-order chi connectivity index (χ1) is 16.2. The number of hydrogen-bond acceptors (Lipinski definition) is 6. The van der Waals surface area contributed by atoms with Gasteiger partial charge in [-0.05, 0) is 25.0 Å². The summed E-state index contributed by atoms with van der Waals surface area (Å²) >= 11 is 5.60. The van der Waals surface area contributed by atoms with Gasteiger partial charge in [-0.3, -0.25) is 14.4 Å². The minimum absolute atomic E-state index is 0.0334. The molecule has 0 unspecified atom stereocenters. The summed E-state index contributed by atoms with van der Waals surface area (Å²) in [4.78, 5) is 41.7. The lowest BCUT2D eigenvalue weighted by atomic mass is 9.97. The van der Waals surface area contributed by atoms with E-state index in [0.29, 0.717) is 24.7 Å². The number of rotatable bonds is 9. The second-order valence-corrected chi connectivity index (χ2v) is 8.27. The first kappa shape index (κ1) is 25.2. The van der Waals surface area contributed by atoms with E-state index in [2.05, 4.69) is 22.2 Å². The van der Waals surface area contributed by atoms with Crippen LogP contribution in [0.15, 0.2) is 41.1 Å². The van der Waals surface area contributed by atoms with Gasteiger partial charge >= 0.3 is 0 Å². The average molecular weight is 493 g/mol. The van der Waals surface area contributed by atoms with Gasteiger partial charge in [0.15, 0.2) is 12.5 Å². The fraction of sp³-hybridized carbons (Fsp3) is 0.391. The topological polar surface area (TPSA) is 114 Å². The molecular formula is C23H26ClFN4O5. The highest BCUT2D eigenvalue weighted by atomic mass is 35.5. The molecule has 2 N–H and O–H groups in total. The van der Waals surface area contributed by atoms with E-state index in [1.54, 1.807) is 11.8 Å². The Morgan fingerprint density at radius 1 is 1.32 bits per heavy atom. The average Bonchev–Trinajstić information content (AvgIpc) is 3.30. The molecule has 2 heterocycles. The Kier molecular flexibility index (Phi) is 8.64. The molecule has 1 fully saturated rings. The predicted molar refractivity (Wildman–Crippen MR) is 122 cm³/mol. The van der Waals surface area contributed by atoms with Gasteiger partial charge in [0, 0.05) is 50.7 Å². The van der Waals surface area contributed by atoms with Crippen molar-refractivity contribution in [1.29, 1.82) is 0 Å². The summed E-state index contributed by atoms with van der Waals surface area (Å²) in [5.41, 5.74) is 0.388. The number of hydrogen-bond donors (Lipinski definition) is 2. The maximum absolute atomic E-state index is 13.4. The molecule has 0 bridgehead atoms. The Morgan fingerprint density at radius 3 is 2.74 bits per heavy atom. The molecule has 3 amide bonds.